The van der Waals surface area contributed by atoms with E-state index >= 15 is 0 Å². The van der Waals surface area contributed by atoms with Gasteiger partial charge >= 0.3 is 11.1 Å². The Kier molecular flexibility index (Phi) is 4.14. The van der Waals surface area contributed by atoms with E-state index in [4.69, 9.17) is 4.74 Å². The summed E-state index contributed by atoms with van der Waals surface area (Å²) in [5.74, 6) is -0.214. The first-order chi connectivity index (χ1) is 12.1. The zero-order valence-electron chi connectivity index (χ0n) is 13.7. The van der Waals surface area contributed by atoms with Crippen LogP contribution in [0.2, 0.25) is 0 Å². The second-order valence-electron chi connectivity index (χ2n) is 6.60. The molecule has 132 valence electrons. The van der Waals surface area contributed by atoms with Gasteiger partial charge in [-0.2, -0.15) is 0 Å². The number of nitrogens with zero attached hydrogens (tertiary/aromatic N) is 1. The Hall–Kier alpha value is -2.45. The lowest BCUT2D eigenvalue weighted by atomic mass is 10.1. The number of hydrogen-bond donors (Lipinski definition) is 3. The lowest BCUT2D eigenvalue weighted by molar-refractivity contribution is 0.0916. The van der Waals surface area contributed by atoms with E-state index < -0.39 is 11.1 Å². The fourth-order valence-electron chi connectivity index (χ4n) is 3.62. The van der Waals surface area contributed by atoms with Gasteiger partial charge < -0.3 is 20.0 Å². The van der Waals surface area contributed by atoms with Crippen LogP contribution in [-0.4, -0.2) is 59.2 Å². The van der Waals surface area contributed by atoms with Crippen molar-refractivity contribution in [3.05, 3.63) is 44.5 Å². The number of rotatable bonds is 3. The van der Waals surface area contributed by atoms with Gasteiger partial charge in [-0.05, 0) is 44.1 Å². The van der Waals surface area contributed by atoms with Gasteiger partial charge in [-0.1, -0.05) is 0 Å². The van der Waals surface area contributed by atoms with Crippen LogP contribution in [0.1, 0.15) is 23.2 Å². The van der Waals surface area contributed by atoms with Crippen molar-refractivity contribution in [1.82, 2.24) is 20.2 Å². The third-order valence-corrected chi connectivity index (χ3v) is 4.96. The smallest absolute Gasteiger partial charge is 0.314 e. The van der Waals surface area contributed by atoms with E-state index in [9.17, 15) is 14.4 Å². The van der Waals surface area contributed by atoms with Gasteiger partial charge in [0.1, 0.15) is 0 Å². The third-order valence-electron chi connectivity index (χ3n) is 4.96. The molecule has 2 aliphatic heterocycles. The molecule has 3 N–H and O–H groups in total. The second kappa shape index (κ2) is 6.45. The number of amides is 1. The van der Waals surface area contributed by atoms with Crippen molar-refractivity contribution in [3.8, 4) is 0 Å². The Morgan fingerprint density at radius 2 is 1.80 bits per heavy atom. The molecule has 1 aromatic heterocycles. The average Bonchev–Trinajstić information content (AvgIpc) is 3.26. The zero-order valence-corrected chi connectivity index (χ0v) is 13.7. The summed E-state index contributed by atoms with van der Waals surface area (Å²) in [6.07, 6.45) is 2.38. The summed E-state index contributed by atoms with van der Waals surface area (Å²) in [6, 6.07) is 4.99. The molecule has 0 spiro atoms. The van der Waals surface area contributed by atoms with E-state index in [-0.39, 0.29) is 18.0 Å². The first-order valence-corrected chi connectivity index (χ1v) is 8.51. The molecular formula is C17H20N4O4. The fourth-order valence-corrected chi connectivity index (χ4v) is 3.62. The lowest BCUT2D eigenvalue weighted by Crippen LogP contribution is -2.50. The quantitative estimate of drug-likeness (QED) is 0.669. The molecule has 2 aromatic rings. The molecule has 2 saturated heterocycles. The SMILES string of the molecule is O=C(N[C@H]1COC[C@@H]1N1CCCC1)c1ccc2[nH]c(=O)c(=O)[nH]c2c1. The van der Waals surface area contributed by atoms with Crippen molar-refractivity contribution in [3.63, 3.8) is 0 Å². The van der Waals surface area contributed by atoms with Crippen LogP contribution in [0.15, 0.2) is 27.8 Å². The van der Waals surface area contributed by atoms with E-state index in [1.165, 1.54) is 12.8 Å². The summed E-state index contributed by atoms with van der Waals surface area (Å²) >= 11 is 0. The third kappa shape index (κ3) is 3.10. The average molecular weight is 344 g/mol. The predicted molar refractivity (Wildman–Crippen MR) is 91.9 cm³/mol. The van der Waals surface area contributed by atoms with Crippen molar-refractivity contribution in [2.45, 2.75) is 24.9 Å². The summed E-state index contributed by atoms with van der Waals surface area (Å²) in [6.45, 7) is 3.23. The van der Waals surface area contributed by atoms with Crippen molar-refractivity contribution in [1.29, 1.82) is 0 Å². The Morgan fingerprint density at radius 1 is 1.08 bits per heavy atom. The van der Waals surface area contributed by atoms with Crippen molar-refractivity contribution >= 4 is 16.9 Å². The Morgan fingerprint density at radius 3 is 2.56 bits per heavy atom. The number of fused-ring (bicyclic) bond motifs is 1. The highest BCUT2D eigenvalue weighted by molar-refractivity contribution is 5.97. The number of aromatic amines is 2. The van der Waals surface area contributed by atoms with Crippen LogP contribution in [0.25, 0.3) is 11.0 Å². The van der Waals surface area contributed by atoms with Gasteiger partial charge in [0.05, 0.1) is 36.3 Å². The van der Waals surface area contributed by atoms with Gasteiger partial charge in [0.15, 0.2) is 0 Å². The Balaban J connectivity index is 1.54. The van der Waals surface area contributed by atoms with Crippen LogP contribution in [0, 0.1) is 0 Å². The van der Waals surface area contributed by atoms with E-state index in [1.807, 2.05) is 0 Å². The number of aromatic nitrogens is 2. The van der Waals surface area contributed by atoms with E-state index in [1.54, 1.807) is 18.2 Å². The van der Waals surface area contributed by atoms with Gasteiger partial charge in [0.25, 0.3) is 5.91 Å². The highest BCUT2D eigenvalue weighted by Crippen LogP contribution is 2.19. The first-order valence-electron chi connectivity index (χ1n) is 8.51. The topological polar surface area (TPSA) is 107 Å². The van der Waals surface area contributed by atoms with Gasteiger partial charge in [0, 0.05) is 5.56 Å². The van der Waals surface area contributed by atoms with Crippen LogP contribution >= 0.6 is 0 Å². The van der Waals surface area contributed by atoms with Crippen molar-refractivity contribution < 1.29 is 9.53 Å². The Labute approximate surface area is 143 Å². The molecular weight excluding hydrogens is 324 g/mol. The van der Waals surface area contributed by atoms with Gasteiger partial charge in [-0.15, -0.1) is 0 Å². The fraction of sp³-hybridized carbons (Fsp3) is 0.471. The van der Waals surface area contributed by atoms with Crippen LogP contribution in [0.3, 0.4) is 0 Å². The Bertz CT molecular complexity index is 913. The van der Waals surface area contributed by atoms with Gasteiger partial charge in [0.2, 0.25) is 0 Å². The maximum Gasteiger partial charge on any atom is 0.314 e. The maximum absolute atomic E-state index is 12.6. The van der Waals surface area contributed by atoms with Gasteiger partial charge in [-0.3, -0.25) is 19.3 Å². The van der Waals surface area contributed by atoms with Crippen LogP contribution in [0.4, 0.5) is 0 Å². The van der Waals surface area contributed by atoms with Crippen LogP contribution in [-0.2, 0) is 4.74 Å². The van der Waals surface area contributed by atoms with Crippen LogP contribution in [0.5, 0.6) is 0 Å². The number of hydrogen-bond acceptors (Lipinski definition) is 5. The highest BCUT2D eigenvalue weighted by atomic mass is 16.5. The molecule has 8 nitrogen and oxygen atoms in total. The first kappa shape index (κ1) is 16.0. The summed E-state index contributed by atoms with van der Waals surface area (Å²) in [5, 5.41) is 3.04. The largest absolute Gasteiger partial charge is 0.378 e. The predicted octanol–water partition coefficient (Wildman–Crippen LogP) is -0.191. The minimum Gasteiger partial charge on any atom is -0.378 e. The molecule has 25 heavy (non-hydrogen) atoms. The molecule has 0 unspecified atom stereocenters. The lowest BCUT2D eigenvalue weighted by Gasteiger charge is -2.27. The van der Waals surface area contributed by atoms with Crippen molar-refractivity contribution in [2.24, 2.45) is 0 Å². The molecule has 3 heterocycles. The second-order valence-corrected chi connectivity index (χ2v) is 6.60. The number of benzene rings is 1. The zero-order chi connectivity index (χ0) is 17.4. The maximum atomic E-state index is 12.6. The summed E-state index contributed by atoms with van der Waals surface area (Å²) in [4.78, 5) is 42.8. The molecule has 1 amide bonds. The van der Waals surface area contributed by atoms with Crippen LogP contribution < -0.4 is 16.4 Å². The molecule has 2 atom stereocenters. The molecule has 0 bridgehead atoms. The summed E-state index contributed by atoms with van der Waals surface area (Å²) in [5.41, 5.74) is -0.0943. The molecule has 4 rings (SSSR count). The standard InChI is InChI=1S/C17H20N4O4/c22-15(20-13-8-25-9-14(13)21-5-1-2-6-21)10-3-4-11-12(7-10)19-17(24)16(23)18-11/h3-4,7,13-14H,1-2,5-6,8-9H2,(H,18,23)(H,19,24)(H,20,22)/t13-,14-/m0/s1. The number of ether oxygens (including phenoxy) is 1. The number of carbonyl (C=O) groups excluding carboxylic acids is 1. The number of H-pyrrole nitrogens is 2. The monoisotopic (exact) mass is 344 g/mol. The van der Waals surface area contributed by atoms with E-state index in [2.05, 4.69) is 20.2 Å². The summed E-state index contributed by atoms with van der Waals surface area (Å²) < 4.78 is 5.57. The minimum atomic E-state index is -0.733. The normalized spacial score (nSPS) is 24.0. The van der Waals surface area contributed by atoms with E-state index in [0.29, 0.717) is 29.8 Å². The van der Waals surface area contributed by atoms with Crippen molar-refractivity contribution in [2.75, 3.05) is 26.3 Å². The molecule has 2 aliphatic rings. The molecule has 0 saturated carbocycles. The number of likely N-dealkylation sites (tertiary alicyclic amines) is 1. The molecule has 0 aliphatic carbocycles. The molecule has 0 radical (unpaired) electrons. The molecule has 8 heteroatoms. The number of carbonyl (C=O) groups is 1. The minimum absolute atomic E-state index is 0.0454. The van der Waals surface area contributed by atoms with E-state index in [0.717, 1.165) is 13.1 Å². The molecule has 2 fully saturated rings. The number of nitrogens with one attached hydrogen (secondary N) is 3. The highest BCUT2D eigenvalue weighted by Gasteiger charge is 2.35. The molecule has 1 aromatic carbocycles. The van der Waals surface area contributed by atoms with Gasteiger partial charge in [-0.25, -0.2) is 0 Å². The summed E-state index contributed by atoms with van der Waals surface area (Å²) in [7, 11) is 0.